The normalized spacial score (nSPS) is 17.5. The van der Waals surface area contributed by atoms with Crippen LogP contribution in [0, 0.1) is 11.3 Å². The fraction of sp³-hybridized carbons (Fsp3) is 0.383. The lowest BCUT2D eigenvalue weighted by molar-refractivity contribution is 0.0979. The highest BCUT2D eigenvalue weighted by Gasteiger charge is 2.30. The Bertz CT molecular complexity index is 2620. The van der Waals surface area contributed by atoms with Crippen molar-refractivity contribution in [2.24, 2.45) is 11.3 Å². The summed E-state index contributed by atoms with van der Waals surface area (Å²) >= 11 is 12.8. The minimum atomic E-state index is -4.41. The Labute approximate surface area is 378 Å². The number of amides is 3. The van der Waals surface area contributed by atoms with Crippen LogP contribution in [0.4, 0.5) is 16.2 Å². The first kappa shape index (κ1) is 44.5. The maximum atomic E-state index is 13.9. The third-order valence-electron chi connectivity index (χ3n) is 12.4. The van der Waals surface area contributed by atoms with Gasteiger partial charge in [-0.2, -0.15) is 0 Å². The van der Waals surface area contributed by atoms with E-state index in [4.69, 9.17) is 32.7 Å². The van der Waals surface area contributed by atoms with Crippen molar-refractivity contribution in [2.75, 3.05) is 69.7 Å². The summed E-state index contributed by atoms with van der Waals surface area (Å²) in [5.41, 5.74) is 6.16. The molecule has 1 aliphatic carbocycles. The van der Waals surface area contributed by atoms with E-state index in [1.54, 1.807) is 42.6 Å². The van der Waals surface area contributed by atoms with E-state index in [2.05, 4.69) is 55.8 Å². The first-order chi connectivity index (χ1) is 30.2. The molecule has 16 heteroatoms. The Balaban J connectivity index is 0.970. The van der Waals surface area contributed by atoms with E-state index >= 15 is 0 Å². The lowest BCUT2D eigenvalue weighted by Crippen LogP contribution is -2.47. The minimum Gasteiger partial charge on any atom is -0.455 e. The zero-order valence-corrected chi connectivity index (χ0v) is 38.1. The third kappa shape index (κ3) is 10.6. The molecule has 0 unspecified atom stereocenters. The molecule has 3 aliphatic rings. The van der Waals surface area contributed by atoms with Gasteiger partial charge in [-0.25, -0.2) is 22.9 Å². The van der Waals surface area contributed by atoms with Crippen molar-refractivity contribution in [2.45, 2.75) is 50.8 Å². The summed E-state index contributed by atoms with van der Waals surface area (Å²) in [6, 6.07) is 20.6. The molecule has 0 bridgehead atoms. The van der Waals surface area contributed by atoms with E-state index in [0.717, 1.165) is 80.9 Å². The molecular formula is C47H53Cl2N7O6S. The molecule has 3 N–H and O–H groups in total. The predicted octanol–water partition coefficient (Wildman–Crippen LogP) is 9.46. The highest BCUT2D eigenvalue weighted by atomic mass is 35.5. The number of hydrogen-bond donors (Lipinski definition) is 3. The first-order valence-electron chi connectivity index (χ1n) is 21.3. The number of aromatic amines is 1. The van der Waals surface area contributed by atoms with Crippen LogP contribution in [0.15, 0.2) is 95.7 Å². The van der Waals surface area contributed by atoms with Gasteiger partial charge in [0.15, 0.2) is 0 Å². The molecule has 332 valence electrons. The minimum absolute atomic E-state index is 0.00970. The average molecular weight is 915 g/mol. The second-order valence-corrected chi connectivity index (χ2v) is 20.0. The lowest BCUT2D eigenvalue weighted by Gasteiger charge is -2.39. The number of pyridine rings is 1. The number of fused-ring (bicyclic) bond motifs is 1. The Morgan fingerprint density at radius 3 is 2.43 bits per heavy atom. The number of ether oxygens (including phenoxy) is 2. The lowest BCUT2D eigenvalue weighted by atomic mass is 9.72. The summed E-state index contributed by atoms with van der Waals surface area (Å²) in [7, 11) is -2.75. The number of methoxy groups -OCH3 is 1. The van der Waals surface area contributed by atoms with Gasteiger partial charge in [0, 0.05) is 87.9 Å². The van der Waals surface area contributed by atoms with Crippen molar-refractivity contribution in [3.63, 3.8) is 0 Å². The van der Waals surface area contributed by atoms with Crippen LogP contribution in [0.3, 0.4) is 0 Å². The van der Waals surface area contributed by atoms with E-state index in [1.807, 2.05) is 24.3 Å². The van der Waals surface area contributed by atoms with Gasteiger partial charge < -0.3 is 29.6 Å². The SMILES string of the molecule is COCC1CCN(C(=O)Nc2ccc(S(=O)(=O)NC(=O)c3ccc(N4CCN(CC5=C(c6ccc(Cl)cc6)CC(C)(C)CC5)CC4)cc3Oc3cnc4[nH]ccc4c3)cc2Cl)CC1. The summed E-state index contributed by atoms with van der Waals surface area (Å²) in [4.78, 5) is 40.6. The second kappa shape index (κ2) is 18.9. The van der Waals surface area contributed by atoms with Gasteiger partial charge in [0.1, 0.15) is 17.1 Å². The van der Waals surface area contributed by atoms with Crippen molar-refractivity contribution in [3.05, 3.63) is 112 Å². The fourth-order valence-electron chi connectivity index (χ4n) is 8.71. The molecule has 0 radical (unpaired) electrons. The molecule has 0 atom stereocenters. The van der Waals surface area contributed by atoms with E-state index in [-0.39, 0.29) is 38.4 Å². The van der Waals surface area contributed by atoms with Crippen LogP contribution in [0.25, 0.3) is 16.6 Å². The van der Waals surface area contributed by atoms with Crippen LogP contribution >= 0.6 is 23.2 Å². The number of piperidine rings is 1. The monoisotopic (exact) mass is 913 g/mol. The van der Waals surface area contributed by atoms with Gasteiger partial charge >= 0.3 is 6.03 Å². The predicted molar refractivity (Wildman–Crippen MR) is 249 cm³/mol. The number of halogens is 2. The van der Waals surface area contributed by atoms with Gasteiger partial charge in [-0.15, -0.1) is 0 Å². The zero-order valence-electron chi connectivity index (χ0n) is 35.8. The number of anilines is 2. The van der Waals surface area contributed by atoms with Crippen molar-refractivity contribution in [3.8, 4) is 11.5 Å². The van der Waals surface area contributed by atoms with Crippen LogP contribution in [-0.2, 0) is 14.8 Å². The number of carbonyl (C=O) groups excluding carboxylic acids is 2. The highest BCUT2D eigenvalue weighted by Crippen LogP contribution is 2.43. The van der Waals surface area contributed by atoms with E-state index < -0.39 is 15.9 Å². The van der Waals surface area contributed by atoms with Gasteiger partial charge in [0.25, 0.3) is 15.9 Å². The third-order valence-corrected chi connectivity index (χ3v) is 14.3. The number of sulfonamides is 1. The van der Waals surface area contributed by atoms with Crippen LogP contribution in [-0.4, -0.2) is 99.7 Å². The number of urea groups is 1. The van der Waals surface area contributed by atoms with Crippen molar-refractivity contribution < 1.29 is 27.5 Å². The molecule has 2 aliphatic heterocycles. The number of H-pyrrole nitrogens is 1. The van der Waals surface area contributed by atoms with Crippen LogP contribution < -0.4 is 19.7 Å². The standard InChI is InChI=1S/C47H53Cl2N7O6S/c1-47(2)16-12-34(40(27-47)32-4-6-35(48)7-5-32)29-54-20-22-55(23-21-54)36-8-10-39(43(25-36)62-37-24-33-13-17-50-44(33)51-28-37)45(57)53-63(59,60)38-9-11-42(41(49)26-38)52-46(58)56-18-14-31(15-19-56)30-61-3/h4-11,13,17,24-26,28,31H,12,14-16,18-23,27,29-30H2,1-3H3,(H,50,51)(H,52,58)(H,53,57). The maximum Gasteiger partial charge on any atom is 0.321 e. The zero-order chi connectivity index (χ0) is 44.3. The number of rotatable bonds is 12. The molecule has 3 aromatic carbocycles. The molecule has 3 amide bonds. The second-order valence-electron chi connectivity index (χ2n) is 17.5. The van der Waals surface area contributed by atoms with Gasteiger partial charge in [-0.05, 0) is 109 Å². The maximum absolute atomic E-state index is 13.9. The molecule has 5 aromatic rings. The molecule has 0 saturated carbocycles. The number of piperazine rings is 1. The summed E-state index contributed by atoms with van der Waals surface area (Å²) in [6.07, 6.45) is 8.19. The van der Waals surface area contributed by atoms with E-state index in [9.17, 15) is 18.0 Å². The Kier molecular flexibility index (Phi) is 13.4. The summed E-state index contributed by atoms with van der Waals surface area (Å²) < 4.78 is 41.2. The van der Waals surface area contributed by atoms with Crippen LogP contribution in [0.5, 0.6) is 11.5 Å². The molecule has 2 saturated heterocycles. The summed E-state index contributed by atoms with van der Waals surface area (Å²) in [6.45, 7) is 10.5. The largest absolute Gasteiger partial charge is 0.455 e. The molecule has 0 spiro atoms. The van der Waals surface area contributed by atoms with Crippen molar-refractivity contribution in [1.82, 2.24) is 24.5 Å². The molecular weight excluding hydrogens is 862 g/mol. The first-order valence-corrected chi connectivity index (χ1v) is 23.6. The number of nitrogens with zero attached hydrogens (tertiary/aromatic N) is 4. The molecule has 2 aromatic heterocycles. The van der Waals surface area contributed by atoms with Crippen molar-refractivity contribution in [1.29, 1.82) is 0 Å². The summed E-state index contributed by atoms with van der Waals surface area (Å²) in [5.74, 6) is 0.0615. The topological polar surface area (TPSA) is 149 Å². The number of likely N-dealkylation sites (tertiary alicyclic amines) is 1. The number of carbonyl (C=O) groups is 2. The number of nitrogens with one attached hydrogen (secondary N) is 3. The van der Waals surface area contributed by atoms with Gasteiger partial charge in [0.05, 0.1) is 27.4 Å². The molecule has 63 heavy (non-hydrogen) atoms. The number of aromatic nitrogens is 2. The molecule has 8 rings (SSSR count). The van der Waals surface area contributed by atoms with Gasteiger partial charge in [-0.3, -0.25) is 9.69 Å². The molecule has 13 nitrogen and oxygen atoms in total. The Morgan fingerprint density at radius 1 is 0.937 bits per heavy atom. The average Bonchev–Trinajstić information content (AvgIpc) is 3.74. The number of hydrogen-bond acceptors (Lipinski definition) is 9. The van der Waals surface area contributed by atoms with Gasteiger partial charge in [-0.1, -0.05) is 54.8 Å². The van der Waals surface area contributed by atoms with E-state index in [0.29, 0.717) is 37.0 Å². The number of benzene rings is 3. The Morgan fingerprint density at radius 2 is 1.70 bits per heavy atom. The van der Waals surface area contributed by atoms with E-state index in [1.165, 1.54) is 34.9 Å². The quantitative estimate of drug-likeness (QED) is 0.111. The summed E-state index contributed by atoms with van der Waals surface area (Å²) in [5, 5.41) is 4.34. The van der Waals surface area contributed by atoms with Crippen molar-refractivity contribution >= 4 is 73.1 Å². The van der Waals surface area contributed by atoms with Gasteiger partial charge in [0.2, 0.25) is 0 Å². The Hall–Kier alpha value is -5.12. The van der Waals surface area contributed by atoms with Crippen LogP contribution in [0.2, 0.25) is 10.0 Å². The fourth-order valence-corrected chi connectivity index (χ4v) is 10.1. The molecule has 2 fully saturated rings. The highest BCUT2D eigenvalue weighted by molar-refractivity contribution is 7.90. The number of allylic oxidation sites excluding steroid dienone is 1. The molecule has 4 heterocycles. The van der Waals surface area contributed by atoms with Crippen LogP contribution in [0.1, 0.15) is 61.9 Å². The smallest absolute Gasteiger partial charge is 0.321 e.